The molecule has 0 saturated carbocycles. The number of aromatic nitrogens is 1. The van der Waals surface area contributed by atoms with Crippen molar-refractivity contribution in [2.45, 2.75) is 20.3 Å². The third kappa shape index (κ3) is 4.92. The number of hydrogen-bond donors (Lipinski definition) is 3. The summed E-state index contributed by atoms with van der Waals surface area (Å²) >= 11 is 3.45. The lowest BCUT2D eigenvalue weighted by Gasteiger charge is -2.15. The molecule has 0 atom stereocenters. The molecule has 32 heavy (non-hydrogen) atoms. The highest BCUT2D eigenvalue weighted by Gasteiger charge is 2.13. The maximum atomic E-state index is 12.9. The van der Waals surface area contributed by atoms with E-state index in [1.54, 1.807) is 6.07 Å². The van der Waals surface area contributed by atoms with Crippen LogP contribution < -0.4 is 10.6 Å². The fraction of sp³-hybridized carbons (Fsp3) is 0.154. The highest BCUT2D eigenvalue weighted by molar-refractivity contribution is 9.10. The van der Waals surface area contributed by atoms with Crippen LogP contribution in [0.15, 0.2) is 82.4 Å². The molecule has 0 aliphatic carbocycles. The monoisotopic (exact) mass is 488 g/mol. The number of rotatable bonds is 5. The minimum absolute atomic E-state index is 0.221. The van der Waals surface area contributed by atoms with Gasteiger partial charge < -0.3 is 10.3 Å². The first-order valence-corrected chi connectivity index (χ1v) is 11.3. The predicted octanol–water partition coefficient (Wildman–Crippen LogP) is 5.99. The second-order valence-electron chi connectivity index (χ2n) is 7.65. The van der Waals surface area contributed by atoms with Gasteiger partial charge in [0.25, 0.3) is 5.91 Å². The summed E-state index contributed by atoms with van der Waals surface area (Å²) in [5.74, 6) is 0.209. The first-order valence-electron chi connectivity index (χ1n) is 10.5. The molecule has 4 rings (SSSR count). The van der Waals surface area contributed by atoms with E-state index in [1.807, 2.05) is 48.7 Å². The van der Waals surface area contributed by atoms with Crippen molar-refractivity contribution in [3.63, 3.8) is 0 Å². The molecule has 0 fully saturated rings. The number of fused-ring (bicyclic) bond motifs is 1. The second kappa shape index (κ2) is 9.83. The van der Waals surface area contributed by atoms with E-state index in [-0.39, 0.29) is 5.91 Å². The molecule has 4 aromatic rings. The summed E-state index contributed by atoms with van der Waals surface area (Å²) < 4.78 is 0.738. The molecule has 0 spiro atoms. The number of carbonyl (C=O) groups is 1. The van der Waals surface area contributed by atoms with Crippen LogP contribution in [0.3, 0.4) is 0 Å². The highest BCUT2D eigenvalue weighted by atomic mass is 79.9. The predicted molar refractivity (Wildman–Crippen MR) is 135 cm³/mol. The van der Waals surface area contributed by atoms with Crippen LogP contribution in [0.2, 0.25) is 0 Å². The first kappa shape index (κ1) is 21.8. The van der Waals surface area contributed by atoms with Gasteiger partial charge in [0.2, 0.25) is 5.96 Å². The number of amides is 1. The molecule has 0 bridgehead atoms. The summed E-state index contributed by atoms with van der Waals surface area (Å²) in [6.45, 7) is 4.65. The van der Waals surface area contributed by atoms with Crippen LogP contribution in [0.5, 0.6) is 0 Å². The molecular weight excluding hydrogens is 464 g/mol. The Hall–Kier alpha value is -3.38. The Morgan fingerprint density at radius 1 is 1.00 bits per heavy atom. The molecule has 0 radical (unpaired) electrons. The minimum atomic E-state index is -0.221. The third-order valence-corrected chi connectivity index (χ3v) is 6.23. The summed E-state index contributed by atoms with van der Waals surface area (Å²) in [4.78, 5) is 20.9. The number of nitrogens with one attached hydrogen (secondary N) is 3. The lowest BCUT2D eigenvalue weighted by Crippen LogP contribution is -2.36. The number of anilines is 1. The van der Waals surface area contributed by atoms with Crippen molar-refractivity contribution in [3.05, 3.63) is 99.7 Å². The molecule has 1 amide bonds. The molecule has 3 N–H and O–H groups in total. The molecule has 0 aliphatic rings. The standard InChI is InChI=1S/C26H25BrN4O/c1-17-8-7-13-23(18(17)2)30-26(31-25(32)21-10-3-5-11-22(21)27)28-15-14-19-16-29-24-12-6-4-9-20(19)24/h3-13,16,29H,14-15H2,1-2H3,(H2,28,30,31,32). The lowest BCUT2D eigenvalue weighted by molar-refractivity contribution is 0.0976. The molecule has 1 heterocycles. The quantitative estimate of drug-likeness (QED) is 0.238. The summed E-state index contributed by atoms with van der Waals surface area (Å²) in [7, 11) is 0. The zero-order valence-corrected chi connectivity index (χ0v) is 19.7. The Kier molecular flexibility index (Phi) is 6.71. The number of halogens is 1. The maximum Gasteiger partial charge on any atom is 0.259 e. The van der Waals surface area contributed by atoms with Crippen LogP contribution in [0, 0.1) is 13.8 Å². The van der Waals surface area contributed by atoms with Crippen molar-refractivity contribution in [3.8, 4) is 0 Å². The Bertz CT molecular complexity index is 1290. The van der Waals surface area contributed by atoms with Gasteiger partial charge in [-0.3, -0.25) is 15.1 Å². The van der Waals surface area contributed by atoms with Gasteiger partial charge in [0.1, 0.15) is 0 Å². The van der Waals surface area contributed by atoms with Gasteiger partial charge in [0, 0.05) is 33.8 Å². The van der Waals surface area contributed by atoms with E-state index in [0.717, 1.165) is 27.7 Å². The van der Waals surface area contributed by atoms with Crippen LogP contribution in [0.25, 0.3) is 10.9 Å². The molecule has 3 aromatic carbocycles. The molecule has 5 nitrogen and oxygen atoms in total. The maximum absolute atomic E-state index is 12.9. The lowest BCUT2D eigenvalue weighted by atomic mass is 10.1. The Morgan fingerprint density at radius 3 is 2.62 bits per heavy atom. The Morgan fingerprint density at radius 2 is 1.78 bits per heavy atom. The summed E-state index contributed by atoms with van der Waals surface area (Å²) in [6, 6.07) is 21.6. The number of benzene rings is 3. The summed E-state index contributed by atoms with van der Waals surface area (Å²) in [6.07, 6.45) is 2.78. The fourth-order valence-electron chi connectivity index (χ4n) is 3.57. The Balaban J connectivity index is 1.56. The van der Waals surface area contributed by atoms with E-state index < -0.39 is 0 Å². The van der Waals surface area contributed by atoms with Crippen molar-refractivity contribution >= 4 is 44.4 Å². The van der Waals surface area contributed by atoms with Gasteiger partial charge in [-0.15, -0.1) is 0 Å². The number of nitrogens with zero attached hydrogens (tertiary/aromatic N) is 1. The average molecular weight is 489 g/mol. The SMILES string of the molecule is Cc1cccc(NC(=NCCc2c[nH]c3ccccc23)NC(=O)c2ccccc2Br)c1C. The van der Waals surface area contributed by atoms with E-state index in [1.165, 1.54) is 16.5 Å². The van der Waals surface area contributed by atoms with Crippen LogP contribution in [-0.2, 0) is 6.42 Å². The number of aliphatic imine (C=N–C) groups is 1. The summed E-state index contributed by atoms with van der Waals surface area (Å²) in [5.41, 5.74) is 6.08. The van der Waals surface area contributed by atoms with Gasteiger partial charge in [0.15, 0.2) is 0 Å². The zero-order valence-electron chi connectivity index (χ0n) is 18.1. The van der Waals surface area contributed by atoms with Crippen molar-refractivity contribution in [1.82, 2.24) is 10.3 Å². The van der Waals surface area contributed by atoms with E-state index >= 15 is 0 Å². The van der Waals surface area contributed by atoms with Gasteiger partial charge in [-0.2, -0.15) is 0 Å². The van der Waals surface area contributed by atoms with E-state index in [9.17, 15) is 4.79 Å². The largest absolute Gasteiger partial charge is 0.361 e. The number of H-pyrrole nitrogens is 1. The van der Waals surface area contributed by atoms with Crippen LogP contribution in [0.1, 0.15) is 27.0 Å². The van der Waals surface area contributed by atoms with E-state index in [4.69, 9.17) is 4.99 Å². The molecule has 1 aromatic heterocycles. The average Bonchev–Trinajstić information content (AvgIpc) is 3.20. The smallest absolute Gasteiger partial charge is 0.259 e. The molecule has 0 unspecified atom stereocenters. The van der Waals surface area contributed by atoms with Crippen LogP contribution in [-0.4, -0.2) is 23.4 Å². The van der Waals surface area contributed by atoms with Crippen LogP contribution in [0.4, 0.5) is 5.69 Å². The van der Waals surface area contributed by atoms with Gasteiger partial charge in [-0.25, -0.2) is 0 Å². The Labute approximate surface area is 196 Å². The molecule has 6 heteroatoms. The molecule has 0 saturated heterocycles. The number of para-hydroxylation sites is 1. The number of aryl methyl sites for hydroxylation is 1. The van der Waals surface area contributed by atoms with Crippen molar-refractivity contribution in [2.24, 2.45) is 4.99 Å². The van der Waals surface area contributed by atoms with Crippen molar-refractivity contribution < 1.29 is 4.79 Å². The fourth-order valence-corrected chi connectivity index (χ4v) is 4.04. The third-order valence-electron chi connectivity index (χ3n) is 5.53. The molecule has 162 valence electrons. The first-order chi connectivity index (χ1) is 15.5. The van der Waals surface area contributed by atoms with Gasteiger partial charge in [-0.1, -0.05) is 42.5 Å². The molecular formula is C26H25BrN4O. The van der Waals surface area contributed by atoms with E-state index in [2.05, 4.69) is 63.6 Å². The number of guanidine groups is 1. The highest BCUT2D eigenvalue weighted by Crippen LogP contribution is 2.20. The normalized spacial score (nSPS) is 11.5. The van der Waals surface area contributed by atoms with Gasteiger partial charge in [0.05, 0.1) is 5.56 Å². The van der Waals surface area contributed by atoms with Crippen molar-refractivity contribution in [1.29, 1.82) is 0 Å². The second-order valence-corrected chi connectivity index (χ2v) is 8.50. The topological polar surface area (TPSA) is 69.3 Å². The van der Waals surface area contributed by atoms with Crippen LogP contribution >= 0.6 is 15.9 Å². The van der Waals surface area contributed by atoms with E-state index in [0.29, 0.717) is 18.1 Å². The number of aromatic amines is 1. The molecule has 0 aliphatic heterocycles. The van der Waals surface area contributed by atoms with Crippen molar-refractivity contribution in [2.75, 3.05) is 11.9 Å². The number of carbonyl (C=O) groups excluding carboxylic acids is 1. The number of hydrogen-bond acceptors (Lipinski definition) is 2. The zero-order chi connectivity index (χ0) is 22.5. The summed E-state index contributed by atoms with van der Waals surface area (Å²) in [5, 5.41) is 7.47. The van der Waals surface area contributed by atoms with Gasteiger partial charge >= 0.3 is 0 Å². The minimum Gasteiger partial charge on any atom is -0.361 e. The van der Waals surface area contributed by atoms with Gasteiger partial charge in [-0.05, 0) is 77.2 Å².